The highest BCUT2D eigenvalue weighted by molar-refractivity contribution is 6.31. The van der Waals surface area contributed by atoms with Crippen LogP contribution >= 0.6 is 11.6 Å². The Morgan fingerprint density at radius 2 is 1.89 bits per heavy atom. The summed E-state index contributed by atoms with van der Waals surface area (Å²) in [4.78, 5) is 31.6. The second-order valence-electron chi connectivity index (χ2n) is 8.55. The Morgan fingerprint density at radius 1 is 1.18 bits per heavy atom. The topological polar surface area (TPSA) is 129 Å². The molecule has 1 radical (unpaired) electrons. The number of carbonyl (C=O) groups is 2. The van der Waals surface area contributed by atoms with Gasteiger partial charge in [-0.2, -0.15) is 0 Å². The molecule has 1 saturated heterocycles. The summed E-state index contributed by atoms with van der Waals surface area (Å²) >= 11 is 5.89. The molecule has 4 rings (SSSR count). The lowest BCUT2D eigenvalue weighted by Crippen LogP contribution is -2.51. The van der Waals surface area contributed by atoms with E-state index in [4.69, 9.17) is 27.2 Å². The Bertz CT molecular complexity index is 1350. The summed E-state index contributed by atoms with van der Waals surface area (Å²) in [6.45, 7) is 0.105. The summed E-state index contributed by atoms with van der Waals surface area (Å²) in [6, 6.07) is 10.1. The van der Waals surface area contributed by atoms with E-state index in [-0.39, 0.29) is 43.3 Å². The number of anilines is 1. The van der Waals surface area contributed by atoms with E-state index in [1.807, 2.05) is 0 Å². The number of pyridine rings is 1. The fourth-order valence-electron chi connectivity index (χ4n) is 4.32. The quantitative estimate of drug-likeness (QED) is 0.369. The molecular weight excluding hydrogens is 522 g/mol. The molecule has 9 nitrogen and oxygen atoms in total. The SMILES string of the molecule is Nc1ncc(-c2c[c]ccc2C(C(=O)O)N2CCN(C(=O)CO)CC2)cc1OCc1c(F)ccc(F)c1Cl. The fraction of sp³-hybridized carbons (Fsp3) is 0.269. The van der Waals surface area contributed by atoms with Gasteiger partial charge in [-0.3, -0.25) is 14.5 Å². The molecule has 3 aromatic rings. The van der Waals surface area contributed by atoms with E-state index in [2.05, 4.69) is 11.1 Å². The van der Waals surface area contributed by atoms with Crippen molar-refractivity contribution in [3.63, 3.8) is 0 Å². The van der Waals surface area contributed by atoms with Crippen molar-refractivity contribution in [3.8, 4) is 16.9 Å². The van der Waals surface area contributed by atoms with Crippen LogP contribution in [-0.2, 0) is 16.2 Å². The molecule has 0 aliphatic carbocycles. The second kappa shape index (κ2) is 11.7. The molecule has 1 fully saturated rings. The maximum atomic E-state index is 14.2. The van der Waals surface area contributed by atoms with E-state index >= 15 is 0 Å². The second-order valence-corrected chi connectivity index (χ2v) is 8.92. The van der Waals surface area contributed by atoms with Crippen LogP contribution in [0.1, 0.15) is 17.2 Å². The Kier molecular flexibility index (Phi) is 8.40. The van der Waals surface area contributed by atoms with E-state index in [1.165, 1.54) is 17.2 Å². The lowest BCUT2D eigenvalue weighted by Gasteiger charge is -2.38. The van der Waals surface area contributed by atoms with E-state index in [0.29, 0.717) is 16.7 Å². The first-order valence-electron chi connectivity index (χ1n) is 11.6. The average molecular weight is 546 g/mol. The maximum absolute atomic E-state index is 14.2. The maximum Gasteiger partial charge on any atom is 0.325 e. The first kappa shape index (κ1) is 27.2. The Hall–Kier alpha value is -3.80. The number of carbonyl (C=O) groups excluding carboxylic acids is 1. The van der Waals surface area contributed by atoms with Crippen LogP contribution in [0, 0.1) is 17.7 Å². The van der Waals surface area contributed by atoms with Crippen molar-refractivity contribution in [1.29, 1.82) is 0 Å². The number of hydrogen-bond acceptors (Lipinski definition) is 7. The number of nitrogen functional groups attached to an aromatic ring is 1. The molecule has 2 aromatic carbocycles. The lowest BCUT2D eigenvalue weighted by atomic mass is 9.94. The highest BCUT2D eigenvalue weighted by Crippen LogP contribution is 2.35. The van der Waals surface area contributed by atoms with Crippen LogP contribution in [0.2, 0.25) is 5.02 Å². The molecule has 0 spiro atoms. The smallest absolute Gasteiger partial charge is 0.325 e. The molecule has 4 N–H and O–H groups in total. The zero-order valence-corrected chi connectivity index (χ0v) is 20.8. The summed E-state index contributed by atoms with van der Waals surface area (Å²) in [7, 11) is 0. The third-order valence-electron chi connectivity index (χ3n) is 6.30. The predicted octanol–water partition coefficient (Wildman–Crippen LogP) is 2.90. The fourth-order valence-corrected chi connectivity index (χ4v) is 4.52. The average Bonchev–Trinajstić information content (AvgIpc) is 2.92. The number of carboxylic acid groups (broad SMARTS) is 1. The first-order chi connectivity index (χ1) is 18.2. The van der Waals surface area contributed by atoms with Crippen molar-refractivity contribution >= 4 is 29.3 Å². The highest BCUT2D eigenvalue weighted by atomic mass is 35.5. The molecule has 1 aromatic heterocycles. The molecule has 1 unspecified atom stereocenters. The highest BCUT2D eigenvalue weighted by Gasteiger charge is 2.33. The molecule has 38 heavy (non-hydrogen) atoms. The van der Waals surface area contributed by atoms with Gasteiger partial charge >= 0.3 is 5.97 Å². The zero-order valence-electron chi connectivity index (χ0n) is 20.0. The van der Waals surface area contributed by atoms with Gasteiger partial charge in [0, 0.05) is 43.5 Å². The van der Waals surface area contributed by atoms with Crippen LogP contribution in [0.25, 0.3) is 11.1 Å². The van der Waals surface area contributed by atoms with Gasteiger partial charge in [0.2, 0.25) is 5.91 Å². The monoisotopic (exact) mass is 545 g/mol. The van der Waals surface area contributed by atoms with Crippen LogP contribution in [-0.4, -0.2) is 69.7 Å². The van der Waals surface area contributed by atoms with Gasteiger partial charge in [-0.25, -0.2) is 13.8 Å². The molecule has 199 valence electrons. The van der Waals surface area contributed by atoms with Gasteiger partial charge in [0.1, 0.15) is 30.9 Å². The number of nitrogens with zero attached hydrogens (tertiary/aromatic N) is 3. The van der Waals surface area contributed by atoms with Crippen LogP contribution < -0.4 is 10.5 Å². The largest absolute Gasteiger partial charge is 0.485 e. The van der Waals surface area contributed by atoms with Crippen molar-refractivity contribution in [2.45, 2.75) is 12.6 Å². The van der Waals surface area contributed by atoms with Crippen molar-refractivity contribution < 1.29 is 33.3 Å². The molecule has 1 atom stereocenters. The summed E-state index contributed by atoms with van der Waals surface area (Å²) in [5.74, 6) is -2.98. The summed E-state index contributed by atoms with van der Waals surface area (Å²) < 4.78 is 33.6. The minimum absolute atomic E-state index is 0.0115. The van der Waals surface area contributed by atoms with Gasteiger partial charge in [0.15, 0.2) is 11.6 Å². The number of aromatic nitrogens is 1. The van der Waals surface area contributed by atoms with Gasteiger partial charge in [0.25, 0.3) is 0 Å². The van der Waals surface area contributed by atoms with Crippen LogP contribution in [0.4, 0.5) is 14.6 Å². The molecule has 0 bridgehead atoms. The summed E-state index contributed by atoms with van der Waals surface area (Å²) in [5.41, 5.74) is 7.19. The minimum Gasteiger partial charge on any atom is -0.485 e. The molecule has 0 saturated carbocycles. The molecule has 1 aliphatic rings. The number of rotatable bonds is 8. The Balaban J connectivity index is 1.62. The van der Waals surface area contributed by atoms with Gasteiger partial charge in [-0.1, -0.05) is 23.7 Å². The van der Waals surface area contributed by atoms with E-state index in [1.54, 1.807) is 23.1 Å². The number of hydrogen-bond donors (Lipinski definition) is 3. The van der Waals surface area contributed by atoms with E-state index in [0.717, 1.165) is 12.1 Å². The molecular formula is C26H24ClF2N4O5. The van der Waals surface area contributed by atoms with Crippen molar-refractivity contribution in [2.24, 2.45) is 0 Å². The number of amides is 1. The molecule has 2 heterocycles. The number of aliphatic carboxylic acids is 1. The van der Waals surface area contributed by atoms with Crippen LogP contribution in [0.5, 0.6) is 5.75 Å². The molecule has 1 amide bonds. The number of aliphatic hydroxyl groups excluding tert-OH is 1. The Labute approximate surface area is 222 Å². The predicted molar refractivity (Wildman–Crippen MR) is 134 cm³/mol. The number of piperazine rings is 1. The van der Waals surface area contributed by atoms with Crippen molar-refractivity contribution in [2.75, 3.05) is 38.5 Å². The number of nitrogens with two attached hydrogens (primary N) is 1. The van der Waals surface area contributed by atoms with Gasteiger partial charge in [-0.05, 0) is 41.5 Å². The zero-order chi connectivity index (χ0) is 27.4. The third kappa shape index (κ3) is 5.69. The van der Waals surface area contributed by atoms with Gasteiger partial charge in [-0.15, -0.1) is 0 Å². The van der Waals surface area contributed by atoms with Gasteiger partial charge in [0.05, 0.1) is 5.02 Å². The number of carboxylic acids is 1. The number of halogens is 3. The molecule has 1 aliphatic heterocycles. The molecule has 12 heteroatoms. The number of benzene rings is 2. The summed E-state index contributed by atoms with van der Waals surface area (Å²) in [5, 5.41) is 18.8. The van der Waals surface area contributed by atoms with E-state index in [9.17, 15) is 23.5 Å². The van der Waals surface area contributed by atoms with Crippen molar-refractivity contribution in [3.05, 3.63) is 76.4 Å². The van der Waals surface area contributed by atoms with Crippen LogP contribution in [0.15, 0.2) is 42.6 Å². The third-order valence-corrected chi connectivity index (χ3v) is 6.71. The number of aliphatic hydroxyl groups is 1. The normalized spacial score (nSPS) is 14.8. The van der Waals surface area contributed by atoms with Crippen molar-refractivity contribution in [1.82, 2.24) is 14.8 Å². The Morgan fingerprint density at radius 3 is 2.58 bits per heavy atom. The minimum atomic E-state index is -1.09. The van der Waals surface area contributed by atoms with E-state index < -0.39 is 47.8 Å². The standard InChI is InChI=1S/C26H24ClF2N4O5/c27-23-18(19(28)5-6-20(23)29)14-38-21-11-15(12-31-25(21)30)16-3-1-2-4-17(16)24(26(36)37)33-9-7-32(8-10-33)22(35)13-34/h2-6,11-12,24,34H,7-10,13-14H2,(H2,30,31)(H,36,37). The summed E-state index contributed by atoms with van der Waals surface area (Å²) in [6.07, 6.45) is 1.45. The van der Waals surface area contributed by atoms with Gasteiger partial charge < -0.3 is 25.6 Å². The van der Waals surface area contributed by atoms with Crippen LogP contribution in [0.3, 0.4) is 0 Å². The first-order valence-corrected chi connectivity index (χ1v) is 12.0. The lowest BCUT2D eigenvalue weighted by molar-refractivity contribution is -0.145. The number of ether oxygens (including phenoxy) is 1.